The minimum absolute atomic E-state index is 0.146. The molecule has 0 atom stereocenters. The molecule has 5 heterocycles. The Morgan fingerprint density at radius 2 is 1.76 bits per heavy atom. The largest absolute Gasteiger partial charge is 0.508 e. The summed E-state index contributed by atoms with van der Waals surface area (Å²) in [4.78, 5) is 18.6. The van der Waals surface area contributed by atoms with E-state index in [9.17, 15) is 9.50 Å². The van der Waals surface area contributed by atoms with E-state index < -0.39 is 5.82 Å². The van der Waals surface area contributed by atoms with Crippen LogP contribution < -0.4 is 4.74 Å². The van der Waals surface area contributed by atoms with Crippen LogP contribution >= 0.6 is 0 Å². The second kappa shape index (κ2) is 9.56. The molecule has 0 bridgehead atoms. The van der Waals surface area contributed by atoms with Crippen molar-refractivity contribution < 1.29 is 14.2 Å². The van der Waals surface area contributed by atoms with E-state index in [1.165, 1.54) is 12.1 Å². The number of benzene rings is 1. The van der Waals surface area contributed by atoms with Crippen molar-refractivity contribution in [2.75, 3.05) is 27.2 Å². The smallest absolute Gasteiger partial charge is 0.138 e. The summed E-state index contributed by atoms with van der Waals surface area (Å²) in [7, 11) is 3.99. The molecular formula is C28H24FN7O2. The maximum Gasteiger partial charge on any atom is 0.138 e. The van der Waals surface area contributed by atoms with Gasteiger partial charge in [-0.25, -0.2) is 4.39 Å². The molecule has 6 rings (SSSR count). The predicted molar refractivity (Wildman–Crippen MR) is 143 cm³/mol. The van der Waals surface area contributed by atoms with E-state index in [1.807, 2.05) is 32.3 Å². The molecule has 5 aromatic heterocycles. The summed E-state index contributed by atoms with van der Waals surface area (Å²) >= 11 is 0. The van der Waals surface area contributed by atoms with E-state index in [-0.39, 0.29) is 5.75 Å². The van der Waals surface area contributed by atoms with Crippen molar-refractivity contribution in [1.29, 1.82) is 0 Å². The number of halogens is 1. The van der Waals surface area contributed by atoms with Crippen LogP contribution in [0.2, 0.25) is 0 Å². The number of pyridine rings is 3. The monoisotopic (exact) mass is 509 g/mol. The number of nitrogens with zero attached hydrogens (tertiary/aromatic N) is 5. The Morgan fingerprint density at radius 3 is 2.61 bits per heavy atom. The number of rotatable bonds is 7. The molecule has 0 aliphatic rings. The Hall–Kier alpha value is -4.83. The van der Waals surface area contributed by atoms with Crippen LogP contribution in [0.15, 0.2) is 67.4 Å². The zero-order valence-electron chi connectivity index (χ0n) is 20.7. The highest BCUT2D eigenvalue weighted by Gasteiger charge is 2.16. The molecule has 0 amide bonds. The third-order valence-corrected chi connectivity index (χ3v) is 6.26. The number of hydrogen-bond donors (Lipinski definition) is 3. The van der Waals surface area contributed by atoms with Gasteiger partial charge in [-0.15, -0.1) is 0 Å². The summed E-state index contributed by atoms with van der Waals surface area (Å²) in [5.74, 6) is 0.0122. The maximum absolute atomic E-state index is 14.0. The number of aromatic nitrogens is 6. The molecule has 1 aromatic carbocycles. The Morgan fingerprint density at radius 1 is 0.895 bits per heavy atom. The van der Waals surface area contributed by atoms with Gasteiger partial charge in [0.05, 0.1) is 41.0 Å². The molecule has 3 N–H and O–H groups in total. The van der Waals surface area contributed by atoms with Crippen LogP contribution in [0.25, 0.3) is 55.6 Å². The van der Waals surface area contributed by atoms with E-state index in [1.54, 1.807) is 31.0 Å². The SMILES string of the molecule is CN(C)CCOc1cncc(-c2cc3c(-c4cc5c(-c6cc(O)cc(F)c6)cncc5[nH]4)n[nH]c3cn2)c1. The lowest BCUT2D eigenvalue weighted by Gasteiger charge is -2.11. The average Bonchev–Trinajstić information content (AvgIpc) is 3.51. The van der Waals surface area contributed by atoms with Crippen LogP contribution in [-0.2, 0) is 0 Å². The number of aromatic hydroxyl groups is 1. The topological polar surface area (TPSA) is 116 Å². The zero-order chi connectivity index (χ0) is 26.2. The Labute approximate surface area is 217 Å². The van der Waals surface area contributed by atoms with Gasteiger partial charge in [0.1, 0.15) is 29.6 Å². The van der Waals surface area contributed by atoms with E-state index in [4.69, 9.17) is 4.74 Å². The summed E-state index contributed by atoms with van der Waals surface area (Å²) in [5.41, 5.74) is 5.80. The van der Waals surface area contributed by atoms with E-state index in [0.29, 0.717) is 29.2 Å². The average molecular weight is 510 g/mol. The van der Waals surface area contributed by atoms with Crippen LogP contribution in [0, 0.1) is 5.82 Å². The Balaban J connectivity index is 1.38. The highest BCUT2D eigenvalue weighted by atomic mass is 19.1. The molecular weight excluding hydrogens is 485 g/mol. The molecule has 6 aromatic rings. The standard InChI is InChI=1S/C28H24FN7O2/c1-36(2)3-4-38-20-7-17(11-30-12-20)24-10-22-27(15-32-24)34-35-28(22)25-9-21-23(13-31-14-26(21)33-25)16-5-18(29)8-19(37)6-16/h5-15,33,37H,3-4H2,1-2H3,(H,34,35). The summed E-state index contributed by atoms with van der Waals surface area (Å²) in [6.07, 6.45) is 8.54. The molecule has 9 nitrogen and oxygen atoms in total. The van der Waals surface area contributed by atoms with Crippen molar-refractivity contribution in [2.45, 2.75) is 0 Å². The summed E-state index contributed by atoms with van der Waals surface area (Å²) in [6, 6.07) is 9.79. The number of ether oxygens (including phenoxy) is 1. The van der Waals surface area contributed by atoms with E-state index in [2.05, 4.69) is 35.0 Å². The normalized spacial score (nSPS) is 11.6. The lowest BCUT2D eigenvalue weighted by molar-refractivity contribution is 0.261. The van der Waals surface area contributed by atoms with Crippen LogP contribution in [-0.4, -0.2) is 67.4 Å². The molecule has 38 heavy (non-hydrogen) atoms. The quantitative estimate of drug-likeness (QED) is 0.277. The number of phenols is 1. The lowest BCUT2D eigenvalue weighted by atomic mass is 10.0. The van der Waals surface area contributed by atoms with Gasteiger partial charge in [-0.2, -0.15) is 5.10 Å². The second-order valence-corrected chi connectivity index (χ2v) is 9.28. The fourth-order valence-corrected chi connectivity index (χ4v) is 4.40. The first-order chi connectivity index (χ1) is 18.4. The van der Waals surface area contributed by atoms with Gasteiger partial charge in [-0.1, -0.05) is 0 Å². The van der Waals surface area contributed by atoms with Crippen LogP contribution in [0.3, 0.4) is 0 Å². The minimum atomic E-state index is -0.521. The van der Waals surface area contributed by atoms with Crippen LogP contribution in [0.4, 0.5) is 4.39 Å². The highest BCUT2D eigenvalue weighted by Crippen LogP contribution is 2.35. The number of aromatic amines is 2. The van der Waals surface area contributed by atoms with Crippen molar-refractivity contribution in [3.63, 3.8) is 0 Å². The molecule has 0 radical (unpaired) electrons. The molecule has 0 aliphatic heterocycles. The molecule has 190 valence electrons. The predicted octanol–water partition coefficient (Wildman–Crippen LogP) is 5.02. The van der Waals surface area contributed by atoms with Crippen LogP contribution in [0.5, 0.6) is 11.5 Å². The number of hydrogen-bond acceptors (Lipinski definition) is 7. The van der Waals surface area contributed by atoms with Crippen molar-refractivity contribution >= 4 is 21.8 Å². The van der Waals surface area contributed by atoms with E-state index >= 15 is 0 Å². The molecule has 0 saturated carbocycles. The van der Waals surface area contributed by atoms with Gasteiger partial charge in [0.15, 0.2) is 0 Å². The first-order valence-corrected chi connectivity index (χ1v) is 12.0. The van der Waals surface area contributed by atoms with Gasteiger partial charge in [0, 0.05) is 46.9 Å². The van der Waals surface area contributed by atoms with Crippen molar-refractivity contribution in [3.05, 3.63) is 73.2 Å². The first-order valence-electron chi connectivity index (χ1n) is 12.0. The van der Waals surface area contributed by atoms with Gasteiger partial charge >= 0.3 is 0 Å². The van der Waals surface area contributed by atoms with Gasteiger partial charge in [-0.3, -0.25) is 20.1 Å². The molecule has 0 saturated heterocycles. The highest BCUT2D eigenvalue weighted by molar-refractivity contribution is 6.01. The fraction of sp³-hybridized carbons (Fsp3) is 0.143. The number of fused-ring (bicyclic) bond motifs is 2. The molecule has 0 unspecified atom stereocenters. The molecule has 0 fully saturated rings. The van der Waals surface area contributed by atoms with Crippen molar-refractivity contribution in [1.82, 2.24) is 35.0 Å². The summed E-state index contributed by atoms with van der Waals surface area (Å²) in [6.45, 7) is 1.36. The Bertz CT molecular complexity index is 1760. The number of likely N-dealkylation sites (N-methyl/N-ethyl adjacent to an activating group) is 1. The summed E-state index contributed by atoms with van der Waals surface area (Å²) < 4.78 is 19.8. The summed E-state index contributed by atoms with van der Waals surface area (Å²) in [5, 5.41) is 19.2. The van der Waals surface area contributed by atoms with E-state index in [0.717, 1.165) is 51.4 Å². The van der Waals surface area contributed by atoms with Crippen LogP contribution in [0.1, 0.15) is 0 Å². The van der Waals surface area contributed by atoms with Crippen molar-refractivity contribution in [3.8, 4) is 45.3 Å². The number of H-pyrrole nitrogens is 2. The maximum atomic E-state index is 14.0. The van der Waals surface area contributed by atoms with Crippen molar-refractivity contribution in [2.24, 2.45) is 0 Å². The minimum Gasteiger partial charge on any atom is -0.508 e. The van der Waals surface area contributed by atoms with Gasteiger partial charge < -0.3 is 19.7 Å². The fourth-order valence-electron chi connectivity index (χ4n) is 4.40. The third kappa shape index (κ3) is 4.53. The second-order valence-electron chi connectivity index (χ2n) is 9.28. The third-order valence-electron chi connectivity index (χ3n) is 6.26. The van der Waals surface area contributed by atoms with Gasteiger partial charge in [-0.05, 0) is 50.0 Å². The zero-order valence-corrected chi connectivity index (χ0v) is 20.7. The number of nitrogens with one attached hydrogen (secondary N) is 2. The molecule has 0 spiro atoms. The molecule has 0 aliphatic carbocycles. The number of phenolic OH excluding ortho intramolecular Hbond substituents is 1. The molecule has 10 heteroatoms. The van der Waals surface area contributed by atoms with Gasteiger partial charge in [0.2, 0.25) is 0 Å². The first kappa shape index (κ1) is 23.6. The lowest BCUT2D eigenvalue weighted by Crippen LogP contribution is -2.19. The Kier molecular flexibility index (Phi) is 5.93. The van der Waals surface area contributed by atoms with Gasteiger partial charge in [0.25, 0.3) is 0 Å².